The Morgan fingerprint density at radius 2 is 1.72 bits per heavy atom. The lowest BCUT2D eigenvalue weighted by atomic mass is 10.1. The molecule has 0 saturated carbocycles. The van der Waals surface area contributed by atoms with Gasteiger partial charge in [0.05, 0.1) is 12.1 Å². The molecule has 0 radical (unpaired) electrons. The lowest BCUT2D eigenvalue weighted by Gasteiger charge is -2.36. The maximum absolute atomic E-state index is 12.7. The van der Waals surface area contributed by atoms with Crippen molar-refractivity contribution in [1.29, 1.82) is 0 Å². The van der Waals surface area contributed by atoms with E-state index in [9.17, 15) is 4.79 Å². The van der Waals surface area contributed by atoms with Gasteiger partial charge in [-0.1, -0.05) is 6.07 Å². The largest absolute Gasteiger partial charge is 0.494 e. The highest BCUT2D eigenvalue weighted by molar-refractivity contribution is 7.17. The highest BCUT2D eigenvalue weighted by Crippen LogP contribution is 2.31. The Kier molecular flexibility index (Phi) is 8.47. The number of fused-ring (bicyclic) bond motifs is 2. The molecule has 0 bridgehead atoms. The van der Waals surface area contributed by atoms with Gasteiger partial charge in [-0.15, -0.1) is 22.9 Å². The van der Waals surface area contributed by atoms with E-state index in [4.69, 9.17) is 16.3 Å². The number of hydrogen-bond acceptors (Lipinski definition) is 5. The Bertz CT molecular complexity index is 1340. The second-order valence-electron chi connectivity index (χ2n) is 9.43. The minimum Gasteiger partial charge on any atom is -0.494 e. The lowest BCUT2D eigenvalue weighted by molar-refractivity contribution is 0.251. The summed E-state index contributed by atoms with van der Waals surface area (Å²) in [6.07, 6.45) is 3.94. The molecule has 1 aliphatic heterocycles. The molecule has 190 valence electrons. The molecule has 1 fully saturated rings. The van der Waals surface area contributed by atoms with Crippen LogP contribution in [0.2, 0.25) is 0 Å². The van der Waals surface area contributed by atoms with E-state index in [0.717, 1.165) is 81.6 Å². The summed E-state index contributed by atoms with van der Waals surface area (Å²) in [6, 6.07) is 18.5. The molecule has 0 spiro atoms. The topological polar surface area (TPSA) is 37.7 Å². The number of anilines is 1. The zero-order valence-electron chi connectivity index (χ0n) is 20.7. The number of hydrogen-bond donors (Lipinski definition) is 0. The van der Waals surface area contributed by atoms with Crippen LogP contribution in [-0.2, 0) is 6.54 Å². The normalized spacial score (nSPS) is 14.6. The van der Waals surface area contributed by atoms with Crippen LogP contribution in [0.25, 0.3) is 21.0 Å². The second-order valence-corrected chi connectivity index (χ2v) is 10.8. The maximum Gasteiger partial charge on any atom is 0.251 e. The van der Waals surface area contributed by atoms with Crippen molar-refractivity contribution in [1.82, 2.24) is 9.47 Å². The van der Waals surface area contributed by atoms with Gasteiger partial charge in [0.2, 0.25) is 0 Å². The van der Waals surface area contributed by atoms with Crippen LogP contribution in [0.4, 0.5) is 5.69 Å². The zero-order valence-corrected chi connectivity index (χ0v) is 22.3. The predicted octanol–water partition coefficient (Wildman–Crippen LogP) is 6.22. The average molecular weight is 524 g/mol. The molecular weight excluding hydrogens is 490 g/mol. The van der Waals surface area contributed by atoms with Crippen molar-refractivity contribution in [2.24, 2.45) is 0 Å². The van der Waals surface area contributed by atoms with Gasteiger partial charge in [0.1, 0.15) is 5.75 Å². The summed E-state index contributed by atoms with van der Waals surface area (Å²) in [7, 11) is 0. The third-order valence-electron chi connectivity index (χ3n) is 7.05. The molecule has 36 heavy (non-hydrogen) atoms. The molecule has 0 atom stereocenters. The first-order valence-corrected chi connectivity index (χ1v) is 14.4. The summed E-state index contributed by atoms with van der Waals surface area (Å²) in [6.45, 7) is 6.73. The van der Waals surface area contributed by atoms with Gasteiger partial charge in [-0.3, -0.25) is 9.69 Å². The van der Waals surface area contributed by atoms with Gasteiger partial charge < -0.3 is 14.2 Å². The van der Waals surface area contributed by atoms with Crippen LogP contribution in [-0.4, -0.2) is 54.7 Å². The second kappa shape index (κ2) is 12.1. The van der Waals surface area contributed by atoms with Crippen molar-refractivity contribution < 1.29 is 4.74 Å². The quantitative estimate of drug-likeness (QED) is 0.173. The SMILES string of the molecule is O=c1ccc2ccc(OCCCCCl)cc2n1CCCCN1CCN(c2cccc3sccc23)CC1. The number of nitrogens with zero attached hydrogens (tertiary/aromatic N) is 3. The summed E-state index contributed by atoms with van der Waals surface area (Å²) in [4.78, 5) is 17.8. The van der Waals surface area contributed by atoms with Crippen LogP contribution in [0.5, 0.6) is 5.75 Å². The zero-order chi connectivity index (χ0) is 24.7. The molecule has 7 heteroatoms. The molecule has 1 saturated heterocycles. The van der Waals surface area contributed by atoms with Crippen molar-refractivity contribution in [2.75, 3.05) is 50.1 Å². The first kappa shape index (κ1) is 25.1. The van der Waals surface area contributed by atoms with Gasteiger partial charge in [-0.25, -0.2) is 0 Å². The molecule has 5 nitrogen and oxygen atoms in total. The van der Waals surface area contributed by atoms with E-state index in [2.05, 4.69) is 39.4 Å². The molecule has 0 unspecified atom stereocenters. The number of rotatable bonds is 11. The highest BCUT2D eigenvalue weighted by Gasteiger charge is 2.18. The Hall–Kier alpha value is -2.54. The highest BCUT2D eigenvalue weighted by atomic mass is 35.5. The number of ether oxygens (including phenoxy) is 1. The molecule has 3 heterocycles. The summed E-state index contributed by atoms with van der Waals surface area (Å²) in [5.74, 6) is 1.47. The fraction of sp³-hybridized carbons (Fsp3) is 0.414. The molecule has 1 aliphatic rings. The molecule has 0 amide bonds. The number of halogens is 1. The number of alkyl halides is 1. The molecule has 4 aromatic rings. The van der Waals surface area contributed by atoms with Crippen molar-refractivity contribution in [3.8, 4) is 5.75 Å². The molecular formula is C29H34ClN3O2S. The average Bonchev–Trinajstić information content (AvgIpc) is 3.40. The molecule has 0 aliphatic carbocycles. The number of unbranched alkanes of at least 4 members (excludes halogenated alkanes) is 2. The van der Waals surface area contributed by atoms with E-state index in [1.807, 2.05) is 40.2 Å². The van der Waals surface area contributed by atoms with Crippen molar-refractivity contribution >= 4 is 49.6 Å². The first-order chi connectivity index (χ1) is 17.7. The van der Waals surface area contributed by atoms with Gasteiger partial charge in [0, 0.05) is 66.5 Å². The van der Waals surface area contributed by atoms with Gasteiger partial charge in [-0.2, -0.15) is 0 Å². The summed E-state index contributed by atoms with van der Waals surface area (Å²) in [5, 5.41) is 4.63. The van der Waals surface area contributed by atoms with Crippen LogP contribution in [0.1, 0.15) is 25.7 Å². The summed E-state index contributed by atoms with van der Waals surface area (Å²) in [5.41, 5.74) is 2.37. The van der Waals surface area contributed by atoms with E-state index >= 15 is 0 Å². The number of aryl methyl sites for hydroxylation is 1. The summed E-state index contributed by atoms with van der Waals surface area (Å²) >= 11 is 7.57. The van der Waals surface area contributed by atoms with E-state index in [0.29, 0.717) is 12.5 Å². The maximum atomic E-state index is 12.7. The molecule has 5 rings (SSSR count). The number of pyridine rings is 1. The van der Waals surface area contributed by atoms with Crippen LogP contribution in [0.15, 0.2) is 64.8 Å². The van der Waals surface area contributed by atoms with Crippen molar-refractivity contribution in [3.05, 3.63) is 70.3 Å². The fourth-order valence-electron chi connectivity index (χ4n) is 5.05. The van der Waals surface area contributed by atoms with Crippen LogP contribution < -0.4 is 15.2 Å². The lowest BCUT2D eigenvalue weighted by Crippen LogP contribution is -2.46. The van der Waals surface area contributed by atoms with E-state index < -0.39 is 0 Å². The number of aromatic nitrogens is 1. The van der Waals surface area contributed by atoms with E-state index in [1.165, 1.54) is 15.8 Å². The fourth-order valence-corrected chi connectivity index (χ4v) is 6.04. The minimum absolute atomic E-state index is 0.0537. The first-order valence-electron chi connectivity index (χ1n) is 13.0. The van der Waals surface area contributed by atoms with Crippen LogP contribution in [0.3, 0.4) is 0 Å². The Morgan fingerprint density at radius 1 is 0.889 bits per heavy atom. The predicted molar refractivity (Wildman–Crippen MR) is 153 cm³/mol. The standard InChI is InChI=1S/C29H34ClN3O2S/c30-13-1-4-20-35-24-10-8-23-9-11-29(34)33(27(23)22-24)15-3-2-14-31-16-18-32(19-17-31)26-6-5-7-28-25(26)12-21-36-28/h5-12,21-22H,1-4,13-20H2. The van der Waals surface area contributed by atoms with Gasteiger partial charge in [0.15, 0.2) is 0 Å². The van der Waals surface area contributed by atoms with Gasteiger partial charge >= 0.3 is 0 Å². The van der Waals surface area contributed by atoms with Crippen molar-refractivity contribution in [2.45, 2.75) is 32.2 Å². The molecule has 2 aromatic heterocycles. The third kappa shape index (κ3) is 5.88. The Morgan fingerprint density at radius 3 is 2.58 bits per heavy atom. The van der Waals surface area contributed by atoms with E-state index in [1.54, 1.807) is 6.07 Å². The monoisotopic (exact) mass is 523 g/mol. The number of piperazine rings is 1. The number of benzene rings is 2. The Labute approximate surface area is 221 Å². The third-order valence-corrected chi connectivity index (χ3v) is 8.20. The molecule has 0 N–H and O–H groups in total. The molecule has 2 aromatic carbocycles. The van der Waals surface area contributed by atoms with Crippen LogP contribution >= 0.6 is 22.9 Å². The smallest absolute Gasteiger partial charge is 0.251 e. The summed E-state index contributed by atoms with van der Waals surface area (Å²) < 4.78 is 9.16. The van der Waals surface area contributed by atoms with Gasteiger partial charge in [0.25, 0.3) is 5.56 Å². The van der Waals surface area contributed by atoms with E-state index in [-0.39, 0.29) is 5.56 Å². The van der Waals surface area contributed by atoms with Crippen molar-refractivity contribution in [3.63, 3.8) is 0 Å². The van der Waals surface area contributed by atoms with Crippen LogP contribution in [0, 0.1) is 0 Å². The number of thiophene rings is 1. The van der Waals surface area contributed by atoms with Gasteiger partial charge in [-0.05, 0) is 79.4 Å². The Balaban J connectivity index is 1.13. The minimum atomic E-state index is 0.0537.